The summed E-state index contributed by atoms with van der Waals surface area (Å²) in [6, 6.07) is 1.91. The predicted molar refractivity (Wildman–Crippen MR) is 75.2 cm³/mol. The molecule has 0 bridgehead atoms. The van der Waals surface area contributed by atoms with E-state index in [-0.39, 0.29) is 6.04 Å². The number of rotatable bonds is 4. The molecule has 3 N–H and O–H groups in total. The van der Waals surface area contributed by atoms with Gasteiger partial charge >= 0.3 is 12.0 Å². The standard InChI is InChI=1S/C14H21N3O3/c1-9(10-5-7-15-8-6-10)16-13(20)17-11(12(18)19)14(2,3)4/h5-9,11H,1-4H3,(H,18,19)(H2,16,17,20)/t9?,11-/m1/s1. The maximum absolute atomic E-state index is 11.9. The number of nitrogens with one attached hydrogen (secondary N) is 2. The molecule has 0 saturated carbocycles. The first-order valence-corrected chi connectivity index (χ1v) is 6.41. The number of carbonyl (C=O) groups excluding carboxylic acids is 1. The van der Waals surface area contributed by atoms with Crippen molar-refractivity contribution in [2.24, 2.45) is 5.41 Å². The van der Waals surface area contributed by atoms with Crippen LogP contribution in [0.5, 0.6) is 0 Å². The molecular formula is C14H21N3O3. The fourth-order valence-corrected chi connectivity index (χ4v) is 1.75. The van der Waals surface area contributed by atoms with Crippen LogP contribution in [0.25, 0.3) is 0 Å². The van der Waals surface area contributed by atoms with Gasteiger partial charge in [0.2, 0.25) is 0 Å². The smallest absolute Gasteiger partial charge is 0.326 e. The minimum Gasteiger partial charge on any atom is -0.480 e. The number of nitrogens with zero attached hydrogens (tertiary/aromatic N) is 1. The maximum Gasteiger partial charge on any atom is 0.326 e. The maximum atomic E-state index is 11.9. The number of urea groups is 1. The van der Waals surface area contributed by atoms with E-state index in [4.69, 9.17) is 5.11 Å². The zero-order chi connectivity index (χ0) is 15.3. The monoisotopic (exact) mass is 279 g/mol. The Balaban J connectivity index is 2.65. The van der Waals surface area contributed by atoms with Crippen LogP contribution in [-0.4, -0.2) is 28.1 Å². The van der Waals surface area contributed by atoms with E-state index in [1.807, 2.05) is 6.92 Å². The van der Waals surface area contributed by atoms with Crippen LogP contribution in [0.15, 0.2) is 24.5 Å². The molecule has 6 nitrogen and oxygen atoms in total. The van der Waals surface area contributed by atoms with Crippen LogP contribution < -0.4 is 10.6 Å². The summed E-state index contributed by atoms with van der Waals surface area (Å²) < 4.78 is 0. The Hall–Kier alpha value is -2.11. The molecular weight excluding hydrogens is 258 g/mol. The molecule has 1 rings (SSSR count). The highest BCUT2D eigenvalue weighted by molar-refractivity contribution is 5.83. The Bertz CT molecular complexity index is 468. The molecule has 2 atom stereocenters. The number of hydrogen-bond acceptors (Lipinski definition) is 3. The van der Waals surface area contributed by atoms with Crippen LogP contribution in [0.2, 0.25) is 0 Å². The van der Waals surface area contributed by atoms with Gasteiger partial charge in [0, 0.05) is 12.4 Å². The summed E-state index contributed by atoms with van der Waals surface area (Å²) in [4.78, 5) is 27.0. The highest BCUT2D eigenvalue weighted by atomic mass is 16.4. The van der Waals surface area contributed by atoms with E-state index >= 15 is 0 Å². The lowest BCUT2D eigenvalue weighted by atomic mass is 9.87. The van der Waals surface area contributed by atoms with Gasteiger partial charge in [-0.25, -0.2) is 9.59 Å². The SMILES string of the molecule is CC(NC(=O)N[C@H](C(=O)O)C(C)(C)C)c1ccncc1. The van der Waals surface area contributed by atoms with Crippen LogP contribution in [0, 0.1) is 5.41 Å². The van der Waals surface area contributed by atoms with Crippen molar-refractivity contribution in [3.05, 3.63) is 30.1 Å². The van der Waals surface area contributed by atoms with Gasteiger partial charge in [-0.3, -0.25) is 4.98 Å². The highest BCUT2D eigenvalue weighted by Gasteiger charge is 2.32. The summed E-state index contributed by atoms with van der Waals surface area (Å²) in [5.41, 5.74) is 0.334. The van der Waals surface area contributed by atoms with Crippen LogP contribution in [-0.2, 0) is 4.79 Å². The minimum absolute atomic E-state index is 0.229. The summed E-state index contributed by atoms with van der Waals surface area (Å²) in [5.74, 6) is -1.05. The summed E-state index contributed by atoms with van der Waals surface area (Å²) in [7, 11) is 0. The Kier molecular flexibility index (Phi) is 5.07. The quantitative estimate of drug-likeness (QED) is 0.785. The number of pyridine rings is 1. The number of amides is 2. The molecule has 0 saturated heterocycles. The van der Waals surface area contributed by atoms with Gasteiger partial charge < -0.3 is 15.7 Å². The van der Waals surface area contributed by atoms with E-state index in [1.54, 1.807) is 45.3 Å². The number of aromatic nitrogens is 1. The molecule has 0 radical (unpaired) electrons. The average Bonchev–Trinajstić information content (AvgIpc) is 2.35. The van der Waals surface area contributed by atoms with Gasteiger partial charge in [0.25, 0.3) is 0 Å². The van der Waals surface area contributed by atoms with E-state index < -0.39 is 23.5 Å². The molecule has 1 aromatic heterocycles. The molecule has 1 heterocycles. The lowest BCUT2D eigenvalue weighted by Crippen LogP contribution is -2.52. The lowest BCUT2D eigenvalue weighted by Gasteiger charge is -2.28. The Labute approximate surface area is 118 Å². The van der Waals surface area contributed by atoms with Crippen LogP contribution in [0.3, 0.4) is 0 Å². The molecule has 0 aliphatic carbocycles. The van der Waals surface area contributed by atoms with Crippen molar-refractivity contribution in [2.75, 3.05) is 0 Å². The molecule has 0 aromatic carbocycles. The van der Waals surface area contributed by atoms with Crippen molar-refractivity contribution in [3.63, 3.8) is 0 Å². The number of hydrogen-bond donors (Lipinski definition) is 3. The third kappa shape index (κ3) is 4.53. The third-order valence-electron chi connectivity index (χ3n) is 2.94. The zero-order valence-electron chi connectivity index (χ0n) is 12.2. The van der Waals surface area contributed by atoms with Gasteiger partial charge in [-0.05, 0) is 30.0 Å². The first-order valence-electron chi connectivity index (χ1n) is 6.41. The van der Waals surface area contributed by atoms with E-state index in [0.717, 1.165) is 5.56 Å². The summed E-state index contributed by atoms with van der Waals surface area (Å²) in [6.45, 7) is 7.11. The van der Waals surface area contributed by atoms with Crippen LogP contribution in [0.4, 0.5) is 4.79 Å². The molecule has 0 aliphatic rings. The second-order valence-electron chi connectivity index (χ2n) is 5.76. The van der Waals surface area contributed by atoms with Crippen molar-refractivity contribution in [3.8, 4) is 0 Å². The largest absolute Gasteiger partial charge is 0.480 e. The normalized spacial score (nSPS) is 14.2. The highest BCUT2D eigenvalue weighted by Crippen LogP contribution is 2.19. The molecule has 0 aliphatic heterocycles. The summed E-state index contributed by atoms with van der Waals surface area (Å²) in [6.07, 6.45) is 3.28. The summed E-state index contributed by atoms with van der Waals surface area (Å²) >= 11 is 0. The molecule has 20 heavy (non-hydrogen) atoms. The second-order valence-corrected chi connectivity index (χ2v) is 5.76. The first-order chi connectivity index (χ1) is 9.21. The van der Waals surface area contributed by atoms with Crippen molar-refractivity contribution >= 4 is 12.0 Å². The Morgan fingerprint density at radius 3 is 2.20 bits per heavy atom. The molecule has 110 valence electrons. The van der Waals surface area contributed by atoms with Crippen molar-refractivity contribution in [1.82, 2.24) is 15.6 Å². The van der Waals surface area contributed by atoms with E-state index in [9.17, 15) is 9.59 Å². The number of carboxylic acid groups (broad SMARTS) is 1. The molecule has 0 fully saturated rings. The van der Waals surface area contributed by atoms with Crippen LogP contribution in [0.1, 0.15) is 39.3 Å². The lowest BCUT2D eigenvalue weighted by molar-refractivity contribution is -0.141. The number of carboxylic acids is 1. The molecule has 1 aromatic rings. The second kappa shape index (κ2) is 6.36. The molecule has 1 unspecified atom stereocenters. The van der Waals surface area contributed by atoms with E-state index in [2.05, 4.69) is 15.6 Å². The predicted octanol–water partition coefficient (Wildman–Crippen LogP) is 1.94. The van der Waals surface area contributed by atoms with E-state index in [1.165, 1.54) is 0 Å². The Morgan fingerprint density at radius 2 is 1.75 bits per heavy atom. The van der Waals surface area contributed by atoms with E-state index in [0.29, 0.717) is 0 Å². The van der Waals surface area contributed by atoms with Crippen molar-refractivity contribution in [2.45, 2.75) is 39.8 Å². The molecule has 6 heteroatoms. The van der Waals surface area contributed by atoms with Crippen molar-refractivity contribution in [1.29, 1.82) is 0 Å². The first kappa shape index (κ1) is 15.9. The number of aliphatic carboxylic acids is 1. The average molecular weight is 279 g/mol. The molecule has 0 spiro atoms. The van der Waals surface area contributed by atoms with Gasteiger partial charge in [0.15, 0.2) is 0 Å². The third-order valence-corrected chi connectivity index (χ3v) is 2.94. The van der Waals surface area contributed by atoms with Gasteiger partial charge in [0.1, 0.15) is 6.04 Å². The fraction of sp³-hybridized carbons (Fsp3) is 0.500. The topological polar surface area (TPSA) is 91.3 Å². The van der Waals surface area contributed by atoms with Gasteiger partial charge in [-0.2, -0.15) is 0 Å². The molecule has 2 amide bonds. The number of carbonyl (C=O) groups is 2. The minimum atomic E-state index is -1.05. The van der Waals surface area contributed by atoms with Gasteiger partial charge in [-0.1, -0.05) is 20.8 Å². The fourth-order valence-electron chi connectivity index (χ4n) is 1.75. The zero-order valence-corrected chi connectivity index (χ0v) is 12.2. The van der Waals surface area contributed by atoms with Gasteiger partial charge in [0.05, 0.1) is 6.04 Å². The Morgan fingerprint density at radius 1 is 1.20 bits per heavy atom. The van der Waals surface area contributed by atoms with Gasteiger partial charge in [-0.15, -0.1) is 0 Å². The summed E-state index contributed by atoms with van der Waals surface area (Å²) in [5, 5.41) is 14.4. The van der Waals surface area contributed by atoms with Crippen LogP contribution >= 0.6 is 0 Å². The van der Waals surface area contributed by atoms with Crippen molar-refractivity contribution < 1.29 is 14.7 Å².